The number of aliphatic carboxylic acids is 1. The molecule has 0 atom stereocenters. The SMILES string of the molecule is CC(=CCOc1ccc(Cl)c(C)c1)C(=O)O. The molecule has 86 valence electrons. The Kier molecular flexibility index (Phi) is 4.38. The lowest BCUT2D eigenvalue weighted by Gasteiger charge is -2.05. The van der Waals surface area contributed by atoms with Gasteiger partial charge in [-0.25, -0.2) is 4.79 Å². The quantitative estimate of drug-likeness (QED) is 0.823. The van der Waals surface area contributed by atoms with Crippen molar-refractivity contribution in [1.82, 2.24) is 0 Å². The molecule has 0 aromatic heterocycles. The first-order valence-electron chi connectivity index (χ1n) is 4.79. The van der Waals surface area contributed by atoms with Crippen molar-refractivity contribution in [2.24, 2.45) is 0 Å². The highest BCUT2D eigenvalue weighted by Crippen LogP contribution is 2.20. The number of rotatable bonds is 4. The molecule has 0 aliphatic carbocycles. The lowest BCUT2D eigenvalue weighted by atomic mass is 10.2. The molecule has 3 nitrogen and oxygen atoms in total. The van der Waals surface area contributed by atoms with E-state index >= 15 is 0 Å². The van der Waals surface area contributed by atoms with E-state index in [1.807, 2.05) is 13.0 Å². The summed E-state index contributed by atoms with van der Waals surface area (Å²) < 4.78 is 5.36. The number of carbonyl (C=O) groups is 1. The zero-order valence-electron chi connectivity index (χ0n) is 9.16. The number of ether oxygens (including phenoxy) is 1. The predicted octanol–water partition coefficient (Wildman–Crippen LogP) is 3.06. The van der Waals surface area contributed by atoms with Gasteiger partial charge in [0.1, 0.15) is 12.4 Å². The second-order valence-corrected chi connectivity index (χ2v) is 3.82. The van der Waals surface area contributed by atoms with Crippen molar-refractivity contribution in [1.29, 1.82) is 0 Å². The van der Waals surface area contributed by atoms with Gasteiger partial charge in [-0.05, 0) is 43.7 Å². The summed E-state index contributed by atoms with van der Waals surface area (Å²) in [7, 11) is 0. The van der Waals surface area contributed by atoms with E-state index in [4.69, 9.17) is 21.4 Å². The number of carboxylic acids is 1. The summed E-state index contributed by atoms with van der Waals surface area (Å²) in [5.74, 6) is -0.257. The molecule has 16 heavy (non-hydrogen) atoms. The summed E-state index contributed by atoms with van der Waals surface area (Å²) in [6, 6.07) is 5.31. The van der Waals surface area contributed by atoms with Gasteiger partial charge < -0.3 is 9.84 Å². The smallest absolute Gasteiger partial charge is 0.331 e. The Balaban J connectivity index is 2.59. The van der Waals surface area contributed by atoms with E-state index in [0.717, 1.165) is 5.56 Å². The van der Waals surface area contributed by atoms with Crippen LogP contribution in [0.15, 0.2) is 29.8 Å². The van der Waals surface area contributed by atoms with Gasteiger partial charge in [0.15, 0.2) is 0 Å². The van der Waals surface area contributed by atoms with E-state index in [2.05, 4.69) is 0 Å². The third-order valence-electron chi connectivity index (χ3n) is 2.11. The molecule has 4 heteroatoms. The van der Waals surface area contributed by atoms with Gasteiger partial charge in [0.05, 0.1) is 0 Å². The Morgan fingerprint density at radius 1 is 1.56 bits per heavy atom. The van der Waals surface area contributed by atoms with Gasteiger partial charge in [-0.15, -0.1) is 0 Å². The third kappa shape index (κ3) is 3.59. The maximum atomic E-state index is 10.5. The summed E-state index contributed by atoms with van der Waals surface area (Å²) in [4.78, 5) is 10.5. The Labute approximate surface area is 99.3 Å². The van der Waals surface area contributed by atoms with E-state index in [1.165, 1.54) is 13.0 Å². The normalized spacial score (nSPS) is 11.3. The molecular formula is C12H13ClO3. The Hall–Kier alpha value is -1.48. The average Bonchev–Trinajstić information content (AvgIpc) is 2.23. The van der Waals surface area contributed by atoms with Crippen molar-refractivity contribution < 1.29 is 14.6 Å². The van der Waals surface area contributed by atoms with Gasteiger partial charge in [-0.2, -0.15) is 0 Å². The highest BCUT2D eigenvalue weighted by atomic mass is 35.5. The molecule has 1 N–H and O–H groups in total. The number of halogens is 1. The molecule has 0 aliphatic heterocycles. The van der Waals surface area contributed by atoms with E-state index in [-0.39, 0.29) is 12.2 Å². The Morgan fingerprint density at radius 2 is 2.25 bits per heavy atom. The molecule has 0 unspecified atom stereocenters. The molecule has 1 aromatic carbocycles. The van der Waals surface area contributed by atoms with Crippen molar-refractivity contribution in [2.45, 2.75) is 13.8 Å². The van der Waals surface area contributed by atoms with Crippen LogP contribution in [0.1, 0.15) is 12.5 Å². The fraction of sp³-hybridized carbons (Fsp3) is 0.250. The second kappa shape index (κ2) is 5.56. The van der Waals surface area contributed by atoms with Crippen molar-refractivity contribution in [2.75, 3.05) is 6.61 Å². The van der Waals surface area contributed by atoms with Gasteiger partial charge in [0.2, 0.25) is 0 Å². The first kappa shape index (κ1) is 12.6. The predicted molar refractivity (Wildman–Crippen MR) is 63.1 cm³/mol. The molecule has 1 rings (SSSR count). The number of benzene rings is 1. The zero-order chi connectivity index (χ0) is 12.1. The molecule has 1 aromatic rings. The standard InChI is InChI=1S/C12H13ClO3/c1-8(12(14)15)5-6-16-10-3-4-11(13)9(2)7-10/h3-5,7H,6H2,1-2H3,(H,14,15). The highest BCUT2D eigenvalue weighted by molar-refractivity contribution is 6.31. The lowest BCUT2D eigenvalue weighted by Crippen LogP contribution is -2.00. The van der Waals surface area contributed by atoms with Crippen molar-refractivity contribution in [3.05, 3.63) is 40.4 Å². The maximum absolute atomic E-state index is 10.5. The first-order valence-corrected chi connectivity index (χ1v) is 5.17. The van der Waals surface area contributed by atoms with Crippen LogP contribution in [0.3, 0.4) is 0 Å². The van der Waals surface area contributed by atoms with Crippen molar-refractivity contribution in [3.8, 4) is 5.75 Å². The minimum Gasteiger partial charge on any atom is -0.490 e. The molecule has 0 spiro atoms. The minimum atomic E-state index is -0.934. The topological polar surface area (TPSA) is 46.5 Å². The van der Waals surface area contributed by atoms with Crippen LogP contribution in [0.4, 0.5) is 0 Å². The van der Waals surface area contributed by atoms with E-state index in [0.29, 0.717) is 10.8 Å². The third-order valence-corrected chi connectivity index (χ3v) is 2.53. The average molecular weight is 241 g/mol. The molecule has 0 aliphatic rings. The fourth-order valence-corrected chi connectivity index (χ4v) is 1.17. The van der Waals surface area contributed by atoms with Gasteiger partial charge in [-0.3, -0.25) is 0 Å². The molecule has 0 amide bonds. The van der Waals surface area contributed by atoms with Crippen molar-refractivity contribution >= 4 is 17.6 Å². The van der Waals surface area contributed by atoms with Crippen LogP contribution >= 0.6 is 11.6 Å². The lowest BCUT2D eigenvalue weighted by molar-refractivity contribution is -0.132. The van der Waals surface area contributed by atoms with Crippen molar-refractivity contribution in [3.63, 3.8) is 0 Å². The van der Waals surface area contributed by atoms with Crippen LogP contribution in [0.25, 0.3) is 0 Å². The van der Waals surface area contributed by atoms with Crippen LogP contribution < -0.4 is 4.74 Å². The number of hydrogen-bond acceptors (Lipinski definition) is 2. The fourth-order valence-electron chi connectivity index (χ4n) is 1.06. The van der Waals surface area contributed by atoms with Gasteiger partial charge in [-0.1, -0.05) is 11.6 Å². The van der Waals surface area contributed by atoms with Gasteiger partial charge in [0, 0.05) is 10.6 Å². The van der Waals surface area contributed by atoms with E-state index in [9.17, 15) is 4.79 Å². The molecule has 0 bridgehead atoms. The molecule has 0 saturated heterocycles. The van der Waals surface area contributed by atoms with Crippen LogP contribution in [0.2, 0.25) is 5.02 Å². The number of hydrogen-bond donors (Lipinski definition) is 1. The van der Waals surface area contributed by atoms with Gasteiger partial charge >= 0.3 is 5.97 Å². The molecule has 0 heterocycles. The van der Waals surface area contributed by atoms with E-state index < -0.39 is 5.97 Å². The summed E-state index contributed by atoms with van der Waals surface area (Å²) in [5.41, 5.74) is 1.20. The highest BCUT2D eigenvalue weighted by Gasteiger charge is 2.00. The number of carboxylic acid groups (broad SMARTS) is 1. The summed E-state index contributed by atoms with van der Waals surface area (Å²) >= 11 is 5.86. The summed E-state index contributed by atoms with van der Waals surface area (Å²) in [5, 5.41) is 9.30. The van der Waals surface area contributed by atoms with Crippen LogP contribution in [-0.4, -0.2) is 17.7 Å². The molecule has 0 saturated carbocycles. The summed E-state index contributed by atoms with van der Waals surface area (Å²) in [6.07, 6.45) is 1.52. The maximum Gasteiger partial charge on any atom is 0.331 e. The number of aryl methyl sites for hydroxylation is 1. The largest absolute Gasteiger partial charge is 0.490 e. The van der Waals surface area contributed by atoms with Gasteiger partial charge in [0.25, 0.3) is 0 Å². The molecule has 0 radical (unpaired) electrons. The Morgan fingerprint density at radius 3 is 2.81 bits per heavy atom. The second-order valence-electron chi connectivity index (χ2n) is 3.41. The minimum absolute atomic E-state index is 0.235. The monoisotopic (exact) mass is 240 g/mol. The van der Waals surface area contributed by atoms with Crippen LogP contribution in [0, 0.1) is 6.92 Å². The Bertz CT molecular complexity index is 424. The first-order chi connectivity index (χ1) is 7.50. The zero-order valence-corrected chi connectivity index (χ0v) is 9.91. The molecule has 0 fully saturated rings. The summed E-state index contributed by atoms with van der Waals surface area (Å²) in [6.45, 7) is 3.64. The molecular weight excluding hydrogens is 228 g/mol. The van der Waals surface area contributed by atoms with Crippen LogP contribution in [0.5, 0.6) is 5.75 Å². The van der Waals surface area contributed by atoms with E-state index in [1.54, 1.807) is 12.1 Å². The van der Waals surface area contributed by atoms with Crippen LogP contribution in [-0.2, 0) is 4.79 Å².